The van der Waals surface area contributed by atoms with Gasteiger partial charge in [-0.1, -0.05) is 15.9 Å². The molecule has 1 amide bonds. The van der Waals surface area contributed by atoms with E-state index in [0.29, 0.717) is 0 Å². The molecule has 16 heavy (non-hydrogen) atoms. The van der Waals surface area contributed by atoms with E-state index in [2.05, 4.69) is 26.1 Å². The Morgan fingerprint density at radius 2 is 2.12 bits per heavy atom. The lowest BCUT2D eigenvalue weighted by Crippen LogP contribution is -2.37. The number of amides is 1. The summed E-state index contributed by atoms with van der Waals surface area (Å²) in [6.07, 6.45) is 2.06. The normalized spacial score (nSPS) is 21.0. The largest absolute Gasteiger partial charge is 0.325 e. The molecule has 0 bridgehead atoms. The van der Waals surface area contributed by atoms with Gasteiger partial charge in [0.05, 0.1) is 6.04 Å². The van der Waals surface area contributed by atoms with Gasteiger partial charge in [-0.2, -0.15) is 0 Å². The zero-order chi connectivity index (χ0) is 11.5. The molecule has 1 fully saturated rings. The van der Waals surface area contributed by atoms with Crippen LogP contribution in [0.3, 0.4) is 0 Å². The molecular weight excluding hydrogens is 268 g/mol. The summed E-state index contributed by atoms with van der Waals surface area (Å²) in [6, 6.07) is 7.68. The molecule has 0 spiro atoms. The van der Waals surface area contributed by atoms with Crippen molar-refractivity contribution in [2.75, 3.05) is 18.9 Å². The predicted octanol–water partition coefficient (Wildman–Crippen LogP) is 2.48. The molecule has 1 saturated heterocycles. The van der Waals surface area contributed by atoms with Crippen molar-refractivity contribution in [2.45, 2.75) is 18.9 Å². The molecule has 3 nitrogen and oxygen atoms in total. The number of nitrogens with one attached hydrogen (secondary N) is 1. The maximum Gasteiger partial charge on any atom is 0.241 e. The summed E-state index contributed by atoms with van der Waals surface area (Å²) in [4.78, 5) is 14.1. The minimum absolute atomic E-state index is 0.0312. The van der Waals surface area contributed by atoms with Crippen molar-refractivity contribution >= 4 is 27.5 Å². The molecule has 4 heteroatoms. The molecule has 86 valence electrons. The lowest BCUT2D eigenvalue weighted by atomic mass is 10.2. The number of halogens is 1. The second kappa shape index (κ2) is 4.97. The molecule has 0 saturated carbocycles. The molecule has 1 heterocycles. The van der Waals surface area contributed by atoms with E-state index in [4.69, 9.17) is 0 Å². The third kappa shape index (κ3) is 2.62. The van der Waals surface area contributed by atoms with Gasteiger partial charge in [0, 0.05) is 10.2 Å². The fourth-order valence-corrected chi connectivity index (χ4v) is 2.26. The van der Waals surface area contributed by atoms with Gasteiger partial charge in [-0.05, 0) is 50.7 Å². The first-order valence-electron chi connectivity index (χ1n) is 5.43. The van der Waals surface area contributed by atoms with Crippen LogP contribution >= 0.6 is 15.9 Å². The molecule has 1 aromatic rings. The average molecular weight is 283 g/mol. The minimum Gasteiger partial charge on any atom is -0.325 e. The number of carbonyl (C=O) groups is 1. The molecule has 0 aromatic heterocycles. The number of anilines is 1. The van der Waals surface area contributed by atoms with Crippen molar-refractivity contribution in [1.82, 2.24) is 4.90 Å². The average Bonchev–Trinajstić information content (AvgIpc) is 2.68. The number of hydrogen-bond acceptors (Lipinski definition) is 2. The van der Waals surface area contributed by atoms with Crippen LogP contribution in [0.25, 0.3) is 0 Å². The standard InChI is InChI=1S/C12H15BrN2O/c1-15-8-2-3-11(15)12(16)14-10-6-4-9(13)5-7-10/h4-7,11H,2-3,8H2,1H3,(H,14,16). The highest BCUT2D eigenvalue weighted by atomic mass is 79.9. The Balaban J connectivity index is 1.99. The molecule has 1 aliphatic rings. The third-order valence-corrected chi connectivity index (χ3v) is 3.46. The zero-order valence-electron chi connectivity index (χ0n) is 9.24. The maximum absolute atomic E-state index is 11.9. The SMILES string of the molecule is CN1CCCC1C(=O)Nc1ccc(Br)cc1. The van der Waals surface area contributed by atoms with Crippen LogP contribution in [-0.2, 0) is 4.79 Å². The number of nitrogens with zero attached hydrogens (tertiary/aromatic N) is 1. The Morgan fingerprint density at radius 3 is 2.69 bits per heavy atom. The molecule has 0 radical (unpaired) electrons. The molecule has 1 N–H and O–H groups in total. The summed E-state index contributed by atoms with van der Waals surface area (Å²) in [5, 5.41) is 2.94. The molecule has 1 aliphatic heterocycles. The summed E-state index contributed by atoms with van der Waals surface area (Å²) in [6.45, 7) is 1.01. The van der Waals surface area contributed by atoms with Crippen LogP contribution in [0.4, 0.5) is 5.69 Å². The van der Waals surface area contributed by atoms with Crippen LogP contribution in [0.2, 0.25) is 0 Å². The highest BCUT2D eigenvalue weighted by Crippen LogP contribution is 2.18. The van der Waals surface area contributed by atoms with Crippen LogP contribution in [-0.4, -0.2) is 30.4 Å². The van der Waals surface area contributed by atoms with Crippen LogP contribution in [0.1, 0.15) is 12.8 Å². The predicted molar refractivity (Wildman–Crippen MR) is 68.4 cm³/mol. The monoisotopic (exact) mass is 282 g/mol. The number of hydrogen-bond donors (Lipinski definition) is 1. The van der Waals surface area contributed by atoms with E-state index in [1.807, 2.05) is 31.3 Å². The van der Waals surface area contributed by atoms with Gasteiger partial charge in [-0.3, -0.25) is 9.69 Å². The second-order valence-corrected chi connectivity index (χ2v) is 5.05. The van der Waals surface area contributed by atoms with E-state index in [1.165, 1.54) is 0 Å². The fourth-order valence-electron chi connectivity index (χ4n) is 2.00. The third-order valence-electron chi connectivity index (χ3n) is 2.93. The van der Waals surface area contributed by atoms with Gasteiger partial charge in [0.2, 0.25) is 5.91 Å². The number of carbonyl (C=O) groups excluding carboxylic acids is 1. The topological polar surface area (TPSA) is 32.3 Å². The van der Waals surface area contributed by atoms with Crippen molar-refractivity contribution < 1.29 is 4.79 Å². The fraction of sp³-hybridized carbons (Fsp3) is 0.417. The molecular formula is C12H15BrN2O. The van der Waals surface area contributed by atoms with Gasteiger partial charge < -0.3 is 5.32 Å². The highest BCUT2D eigenvalue weighted by molar-refractivity contribution is 9.10. The van der Waals surface area contributed by atoms with Crippen LogP contribution in [0.15, 0.2) is 28.7 Å². The Hall–Kier alpha value is -0.870. The van der Waals surface area contributed by atoms with Crippen molar-refractivity contribution in [1.29, 1.82) is 0 Å². The van der Waals surface area contributed by atoms with Crippen molar-refractivity contribution in [2.24, 2.45) is 0 Å². The van der Waals surface area contributed by atoms with E-state index in [1.54, 1.807) is 0 Å². The lowest BCUT2D eigenvalue weighted by molar-refractivity contribution is -0.119. The Bertz CT molecular complexity index is 377. The van der Waals surface area contributed by atoms with Gasteiger partial charge in [0.1, 0.15) is 0 Å². The zero-order valence-corrected chi connectivity index (χ0v) is 10.8. The second-order valence-electron chi connectivity index (χ2n) is 4.13. The van der Waals surface area contributed by atoms with Crippen molar-refractivity contribution in [3.8, 4) is 0 Å². The summed E-state index contributed by atoms with van der Waals surface area (Å²) in [5.74, 6) is 0.0994. The van der Waals surface area contributed by atoms with Crippen molar-refractivity contribution in [3.63, 3.8) is 0 Å². The summed E-state index contributed by atoms with van der Waals surface area (Å²) in [7, 11) is 2.00. The van der Waals surface area contributed by atoms with Gasteiger partial charge in [-0.25, -0.2) is 0 Å². The quantitative estimate of drug-likeness (QED) is 0.904. The number of likely N-dealkylation sites (N-methyl/N-ethyl adjacent to an activating group) is 1. The number of likely N-dealkylation sites (tertiary alicyclic amines) is 1. The first-order valence-corrected chi connectivity index (χ1v) is 6.23. The minimum atomic E-state index is 0.0312. The van der Waals surface area contributed by atoms with E-state index >= 15 is 0 Å². The number of benzene rings is 1. The van der Waals surface area contributed by atoms with Gasteiger partial charge in [0.15, 0.2) is 0 Å². The van der Waals surface area contributed by atoms with Crippen LogP contribution in [0.5, 0.6) is 0 Å². The Labute approximate surface area is 104 Å². The summed E-state index contributed by atoms with van der Waals surface area (Å²) in [5.41, 5.74) is 0.855. The smallest absolute Gasteiger partial charge is 0.241 e. The Morgan fingerprint density at radius 1 is 1.44 bits per heavy atom. The molecule has 1 aromatic carbocycles. The summed E-state index contributed by atoms with van der Waals surface area (Å²) >= 11 is 3.37. The molecule has 0 aliphatic carbocycles. The Kier molecular flexibility index (Phi) is 3.61. The van der Waals surface area contributed by atoms with E-state index in [0.717, 1.165) is 29.5 Å². The maximum atomic E-state index is 11.9. The molecule has 1 unspecified atom stereocenters. The van der Waals surface area contributed by atoms with Crippen LogP contribution in [0, 0.1) is 0 Å². The molecule has 2 rings (SSSR count). The van der Waals surface area contributed by atoms with E-state index in [-0.39, 0.29) is 11.9 Å². The summed E-state index contributed by atoms with van der Waals surface area (Å²) < 4.78 is 1.02. The lowest BCUT2D eigenvalue weighted by Gasteiger charge is -2.18. The first kappa shape index (κ1) is 11.6. The van der Waals surface area contributed by atoms with Crippen molar-refractivity contribution in [3.05, 3.63) is 28.7 Å². The highest BCUT2D eigenvalue weighted by Gasteiger charge is 2.27. The van der Waals surface area contributed by atoms with Gasteiger partial charge >= 0.3 is 0 Å². The van der Waals surface area contributed by atoms with Crippen LogP contribution < -0.4 is 5.32 Å². The van der Waals surface area contributed by atoms with Gasteiger partial charge in [0.25, 0.3) is 0 Å². The number of rotatable bonds is 2. The van der Waals surface area contributed by atoms with E-state index in [9.17, 15) is 4.79 Å². The van der Waals surface area contributed by atoms with E-state index < -0.39 is 0 Å². The first-order chi connectivity index (χ1) is 7.66. The molecule has 1 atom stereocenters. The van der Waals surface area contributed by atoms with Gasteiger partial charge in [-0.15, -0.1) is 0 Å².